The molecule has 108 valence electrons. The molecule has 1 atom stereocenters. The van der Waals surface area contributed by atoms with Crippen LogP contribution in [0.1, 0.15) is 51.4 Å². The summed E-state index contributed by atoms with van der Waals surface area (Å²) >= 11 is 0. The molecule has 1 heterocycles. The molecule has 0 bridgehead atoms. The van der Waals surface area contributed by atoms with E-state index >= 15 is 0 Å². The molecule has 2 aliphatic rings. The summed E-state index contributed by atoms with van der Waals surface area (Å²) in [5, 5.41) is 2.93. The summed E-state index contributed by atoms with van der Waals surface area (Å²) in [6, 6.07) is 0. The van der Waals surface area contributed by atoms with Gasteiger partial charge in [-0.1, -0.05) is 25.7 Å². The number of amides is 1. The van der Waals surface area contributed by atoms with Gasteiger partial charge in [-0.15, -0.1) is 0 Å². The molecule has 1 saturated carbocycles. The summed E-state index contributed by atoms with van der Waals surface area (Å²) in [7, 11) is 1.38. The third-order valence-electron chi connectivity index (χ3n) is 4.12. The molecule has 0 aromatic heterocycles. The van der Waals surface area contributed by atoms with Crippen molar-refractivity contribution in [3.63, 3.8) is 0 Å². The third-order valence-corrected chi connectivity index (χ3v) is 4.12. The molecule has 0 aromatic carbocycles. The molecule has 1 saturated heterocycles. The first kappa shape index (κ1) is 14.3. The van der Waals surface area contributed by atoms with Crippen LogP contribution in [0.15, 0.2) is 0 Å². The lowest BCUT2D eigenvalue weighted by Crippen LogP contribution is -2.57. The zero-order chi connectivity index (χ0) is 13.7. The quantitative estimate of drug-likeness (QED) is 0.623. The van der Waals surface area contributed by atoms with Crippen LogP contribution in [0.4, 0.5) is 0 Å². The van der Waals surface area contributed by atoms with E-state index in [1.54, 1.807) is 0 Å². The summed E-state index contributed by atoms with van der Waals surface area (Å²) in [6.45, 7) is 0.628. The van der Waals surface area contributed by atoms with Gasteiger partial charge in [0.25, 0.3) is 0 Å². The third kappa shape index (κ3) is 3.26. The number of ether oxygens (including phenoxy) is 2. The summed E-state index contributed by atoms with van der Waals surface area (Å²) < 4.78 is 10.3. The number of carbonyl (C=O) groups excluding carboxylic acids is 2. The smallest absolute Gasteiger partial charge is 0.331 e. The van der Waals surface area contributed by atoms with Crippen molar-refractivity contribution < 1.29 is 19.1 Å². The van der Waals surface area contributed by atoms with Gasteiger partial charge in [0.05, 0.1) is 7.11 Å². The van der Waals surface area contributed by atoms with Gasteiger partial charge in [-0.2, -0.15) is 0 Å². The average molecular weight is 269 g/mol. The predicted molar refractivity (Wildman–Crippen MR) is 69.6 cm³/mol. The van der Waals surface area contributed by atoms with Crippen molar-refractivity contribution in [2.75, 3.05) is 13.7 Å². The van der Waals surface area contributed by atoms with Gasteiger partial charge in [-0.25, -0.2) is 4.79 Å². The fourth-order valence-electron chi connectivity index (χ4n) is 3.01. The van der Waals surface area contributed by atoms with Crippen molar-refractivity contribution in [3.8, 4) is 0 Å². The Morgan fingerprint density at radius 2 is 1.84 bits per heavy atom. The first-order valence-electron chi connectivity index (χ1n) is 7.20. The highest BCUT2D eigenvalue weighted by molar-refractivity contribution is 5.90. The SMILES string of the molecule is COC(=O)C1(NC(=O)[C@@H]2CCCO2)CCCCCC1. The molecule has 1 amide bonds. The number of methoxy groups -OCH3 is 1. The Morgan fingerprint density at radius 3 is 2.37 bits per heavy atom. The normalized spacial score (nSPS) is 26.5. The topological polar surface area (TPSA) is 64.6 Å². The standard InChI is InChI=1S/C14H23NO4/c1-18-13(17)14(8-4-2-3-5-9-14)15-12(16)11-7-6-10-19-11/h11H,2-10H2,1H3,(H,15,16)/t11-/m0/s1. The van der Waals surface area contributed by atoms with Crippen LogP contribution >= 0.6 is 0 Å². The van der Waals surface area contributed by atoms with Gasteiger partial charge in [0.2, 0.25) is 5.91 Å². The van der Waals surface area contributed by atoms with Crippen LogP contribution < -0.4 is 5.32 Å². The van der Waals surface area contributed by atoms with Crippen LogP contribution in [0, 0.1) is 0 Å². The summed E-state index contributed by atoms with van der Waals surface area (Å²) in [6.07, 6.45) is 6.68. The molecule has 1 N–H and O–H groups in total. The van der Waals surface area contributed by atoms with Crippen molar-refractivity contribution in [2.45, 2.75) is 63.0 Å². The van der Waals surface area contributed by atoms with E-state index in [0.717, 1.165) is 38.5 Å². The van der Waals surface area contributed by atoms with Crippen molar-refractivity contribution >= 4 is 11.9 Å². The zero-order valence-electron chi connectivity index (χ0n) is 11.6. The number of hydrogen-bond donors (Lipinski definition) is 1. The Bertz CT molecular complexity index is 328. The summed E-state index contributed by atoms with van der Waals surface area (Å²) in [4.78, 5) is 24.3. The van der Waals surface area contributed by atoms with Gasteiger partial charge in [-0.05, 0) is 25.7 Å². The molecule has 0 radical (unpaired) electrons. The Balaban J connectivity index is 2.07. The Hall–Kier alpha value is -1.10. The molecule has 5 nitrogen and oxygen atoms in total. The van der Waals surface area contributed by atoms with E-state index in [4.69, 9.17) is 9.47 Å². The maximum Gasteiger partial charge on any atom is 0.331 e. The molecule has 2 rings (SSSR count). The van der Waals surface area contributed by atoms with Gasteiger partial charge in [-0.3, -0.25) is 4.79 Å². The van der Waals surface area contributed by atoms with Gasteiger partial charge >= 0.3 is 5.97 Å². The molecular weight excluding hydrogens is 246 g/mol. The van der Waals surface area contributed by atoms with Crippen LogP contribution in [0.5, 0.6) is 0 Å². The first-order chi connectivity index (χ1) is 9.18. The van der Waals surface area contributed by atoms with E-state index in [-0.39, 0.29) is 11.9 Å². The molecule has 0 aromatic rings. The highest BCUT2D eigenvalue weighted by Crippen LogP contribution is 2.29. The lowest BCUT2D eigenvalue weighted by atomic mass is 9.89. The highest BCUT2D eigenvalue weighted by atomic mass is 16.5. The van der Waals surface area contributed by atoms with Gasteiger partial charge < -0.3 is 14.8 Å². The number of nitrogens with one attached hydrogen (secondary N) is 1. The van der Waals surface area contributed by atoms with Crippen molar-refractivity contribution in [1.29, 1.82) is 0 Å². The van der Waals surface area contributed by atoms with Crippen molar-refractivity contribution in [3.05, 3.63) is 0 Å². The Labute approximate surface area is 114 Å². The van der Waals surface area contributed by atoms with Gasteiger partial charge in [0.15, 0.2) is 0 Å². The second kappa shape index (κ2) is 6.37. The second-order valence-corrected chi connectivity index (χ2v) is 5.48. The monoisotopic (exact) mass is 269 g/mol. The van der Waals surface area contributed by atoms with Gasteiger partial charge in [0.1, 0.15) is 11.6 Å². The molecule has 1 aliphatic carbocycles. The molecule has 2 fully saturated rings. The minimum atomic E-state index is -0.839. The largest absolute Gasteiger partial charge is 0.467 e. The summed E-state index contributed by atoms with van der Waals surface area (Å²) in [5.41, 5.74) is -0.839. The second-order valence-electron chi connectivity index (χ2n) is 5.48. The Morgan fingerprint density at radius 1 is 1.16 bits per heavy atom. The summed E-state index contributed by atoms with van der Waals surface area (Å²) in [5.74, 6) is -0.481. The fourth-order valence-corrected chi connectivity index (χ4v) is 3.01. The predicted octanol–water partition coefficient (Wildman–Crippen LogP) is 1.55. The molecular formula is C14H23NO4. The first-order valence-corrected chi connectivity index (χ1v) is 7.20. The lowest BCUT2D eigenvalue weighted by molar-refractivity contribution is -0.153. The van der Waals surface area contributed by atoms with E-state index in [2.05, 4.69) is 5.32 Å². The molecule has 5 heteroatoms. The van der Waals surface area contributed by atoms with Crippen molar-refractivity contribution in [1.82, 2.24) is 5.32 Å². The number of rotatable bonds is 3. The fraction of sp³-hybridized carbons (Fsp3) is 0.857. The van der Waals surface area contributed by atoms with Crippen LogP contribution in [-0.2, 0) is 19.1 Å². The minimum Gasteiger partial charge on any atom is -0.467 e. The highest BCUT2D eigenvalue weighted by Gasteiger charge is 2.42. The van der Waals surface area contributed by atoms with Crippen LogP contribution in [0.25, 0.3) is 0 Å². The van der Waals surface area contributed by atoms with E-state index in [9.17, 15) is 9.59 Å². The zero-order valence-corrected chi connectivity index (χ0v) is 11.6. The van der Waals surface area contributed by atoms with E-state index in [1.165, 1.54) is 7.11 Å². The van der Waals surface area contributed by atoms with Crippen LogP contribution in [0.3, 0.4) is 0 Å². The number of carbonyl (C=O) groups is 2. The molecule has 1 aliphatic heterocycles. The number of hydrogen-bond acceptors (Lipinski definition) is 4. The molecule has 0 unspecified atom stereocenters. The van der Waals surface area contributed by atoms with E-state index in [1.807, 2.05) is 0 Å². The van der Waals surface area contributed by atoms with Crippen LogP contribution in [-0.4, -0.2) is 37.2 Å². The van der Waals surface area contributed by atoms with Crippen LogP contribution in [0.2, 0.25) is 0 Å². The van der Waals surface area contributed by atoms with Gasteiger partial charge in [0, 0.05) is 6.61 Å². The van der Waals surface area contributed by atoms with Crippen molar-refractivity contribution in [2.24, 2.45) is 0 Å². The maximum absolute atomic E-state index is 12.2. The van der Waals surface area contributed by atoms with E-state index in [0.29, 0.717) is 19.4 Å². The maximum atomic E-state index is 12.2. The lowest BCUT2D eigenvalue weighted by Gasteiger charge is -2.31. The minimum absolute atomic E-state index is 0.162. The van der Waals surface area contributed by atoms with E-state index < -0.39 is 11.6 Å². The number of esters is 1. The molecule has 0 spiro atoms. The Kier molecular flexibility index (Phi) is 4.80. The average Bonchev–Trinajstić information content (AvgIpc) is 2.86. The molecule has 19 heavy (non-hydrogen) atoms.